The van der Waals surface area contributed by atoms with Crippen LogP contribution in [0, 0.1) is 5.41 Å². The summed E-state index contributed by atoms with van der Waals surface area (Å²) in [6, 6.07) is 12.5. The van der Waals surface area contributed by atoms with Gasteiger partial charge < -0.3 is 28.8 Å². The molecule has 47 heavy (non-hydrogen) atoms. The Kier molecular flexibility index (Phi) is 9.45. The van der Waals surface area contributed by atoms with E-state index in [1.54, 1.807) is 13.8 Å². The summed E-state index contributed by atoms with van der Waals surface area (Å²) in [6.07, 6.45) is -12.3. The highest BCUT2D eigenvalue weighted by molar-refractivity contribution is 5.83. The summed E-state index contributed by atoms with van der Waals surface area (Å²) >= 11 is 0. The standard InChI is InChI=1S/C33H36F6O8/c1-20(45-25(41)30(43-5,32(34,35)36)21-13-9-7-10-14-21)17-18-29-27(2,3)19-23(24(40)28(29,4)47-29)46-26(42)31(44-6,33(37,38)39)22-15-11-8-12-16-22/h7-18,20,23-24,40H,19H2,1-6H3/b18-17+/t20-,23-,24-,28+,29-,30-,31-/m0/s1. The molecule has 2 aromatic rings. The largest absolute Gasteiger partial charge is 0.457 e. The third-order valence-corrected chi connectivity index (χ3v) is 9.20. The van der Waals surface area contributed by atoms with Gasteiger partial charge in [-0.15, -0.1) is 0 Å². The highest BCUT2D eigenvalue weighted by Gasteiger charge is 2.80. The topological polar surface area (TPSA) is 104 Å². The number of benzene rings is 2. The molecule has 1 N–H and O–H groups in total. The fourth-order valence-electron chi connectivity index (χ4n) is 6.61. The van der Waals surface area contributed by atoms with Gasteiger partial charge in [0.15, 0.2) is 0 Å². The van der Waals surface area contributed by atoms with Gasteiger partial charge in [-0.05, 0) is 32.4 Å². The number of hydrogen-bond donors (Lipinski definition) is 1. The lowest BCUT2D eigenvalue weighted by Crippen LogP contribution is -2.59. The zero-order valence-electron chi connectivity index (χ0n) is 26.4. The third-order valence-electron chi connectivity index (χ3n) is 9.20. The van der Waals surface area contributed by atoms with Crippen LogP contribution in [-0.4, -0.2) is 73.1 Å². The minimum Gasteiger partial charge on any atom is -0.457 e. The maximum atomic E-state index is 14.4. The first-order valence-electron chi connectivity index (χ1n) is 14.6. The zero-order valence-corrected chi connectivity index (χ0v) is 26.4. The Hall–Kier alpha value is -3.46. The van der Waals surface area contributed by atoms with Gasteiger partial charge in [-0.1, -0.05) is 74.5 Å². The molecule has 8 nitrogen and oxygen atoms in total. The van der Waals surface area contributed by atoms with Crippen molar-refractivity contribution in [2.75, 3.05) is 14.2 Å². The minimum atomic E-state index is -5.23. The number of carbonyl (C=O) groups is 2. The zero-order chi connectivity index (χ0) is 35.3. The number of ether oxygens (including phenoxy) is 5. The number of methoxy groups -OCH3 is 2. The van der Waals surface area contributed by atoms with Crippen LogP contribution in [0.3, 0.4) is 0 Å². The second-order valence-electron chi connectivity index (χ2n) is 12.4. The van der Waals surface area contributed by atoms with E-state index >= 15 is 0 Å². The number of rotatable bonds is 10. The van der Waals surface area contributed by atoms with Crippen LogP contribution in [0.4, 0.5) is 26.3 Å². The second-order valence-corrected chi connectivity index (χ2v) is 12.4. The summed E-state index contributed by atoms with van der Waals surface area (Å²) in [5, 5.41) is 11.3. The van der Waals surface area contributed by atoms with Crippen molar-refractivity contribution in [3.63, 3.8) is 0 Å². The first-order valence-corrected chi connectivity index (χ1v) is 14.6. The van der Waals surface area contributed by atoms with Crippen LogP contribution in [0.1, 0.15) is 45.2 Å². The van der Waals surface area contributed by atoms with E-state index in [2.05, 4.69) is 0 Å². The Balaban J connectivity index is 1.57. The van der Waals surface area contributed by atoms with Crippen molar-refractivity contribution in [3.05, 3.63) is 83.9 Å². The molecule has 1 saturated carbocycles. The summed E-state index contributed by atoms with van der Waals surface area (Å²) in [6.45, 7) is 6.09. The molecule has 2 fully saturated rings. The van der Waals surface area contributed by atoms with Crippen molar-refractivity contribution in [1.29, 1.82) is 0 Å². The van der Waals surface area contributed by atoms with E-state index in [0.717, 1.165) is 38.5 Å². The fraction of sp³-hybridized carbons (Fsp3) is 0.515. The Morgan fingerprint density at radius 3 is 1.72 bits per heavy atom. The van der Waals surface area contributed by atoms with Gasteiger partial charge in [0.2, 0.25) is 0 Å². The predicted molar refractivity (Wildman–Crippen MR) is 154 cm³/mol. The Morgan fingerprint density at radius 2 is 1.30 bits per heavy atom. The van der Waals surface area contributed by atoms with Gasteiger partial charge in [0.25, 0.3) is 11.2 Å². The van der Waals surface area contributed by atoms with Gasteiger partial charge in [0.1, 0.15) is 29.5 Å². The highest BCUT2D eigenvalue weighted by atomic mass is 19.4. The van der Waals surface area contributed by atoms with Crippen molar-refractivity contribution >= 4 is 11.9 Å². The monoisotopic (exact) mass is 674 g/mol. The van der Waals surface area contributed by atoms with Crippen LogP contribution in [0.15, 0.2) is 72.8 Å². The number of halogens is 6. The molecule has 0 bridgehead atoms. The van der Waals surface area contributed by atoms with E-state index in [-0.39, 0.29) is 6.42 Å². The number of aliphatic hydroxyl groups is 1. The first-order chi connectivity index (χ1) is 21.7. The summed E-state index contributed by atoms with van der Waals surface area (Å²) in [4.78, 5) is 26.3. The lowest BCUT2D eigenvalue weighted by molar-refractivity contribution is -0.281. The van der Waals surface area contributed by atoms with Crippen LogP contribution < -0.4 is 0 Å². The molecule has 1 heterocycles. The number of fused-ring (bicyclic) bond motifs is 1. The molecular weight excluding hydrogens is 638 g/mol. The maximum Gasteiger partial charge on any atom is 0.432 e. The summed E-state index contributed by atoms with van der Waals surface area (Å²) in [5.41, 5.74) is -11.8. The summed E-state index contributed by atoms with van der Waals surface area (Å²) in [5.74, 6) is -3.50. The third kappa shape index (κ3) is 5.62. The molecule has 2 aliphatic rings. The molecule has 0 unspecified atom stereocenters. The van der Waals surface area contributed by atoms with Gasteiger partial charge in [-0.25, -0.2) is 9.59 Å². The molecule has 0 radical (unpaired) electrons. The molecule has 4 rings (SSSR count). The van der Waals surface area contributed by atoms with E-state index in [1.807, 2.05) is 0 Å². The number of aliphatic hydroxyl groups excluding tert-OH is 1. The SMILES string of the molecule is CO[C@](C(=O)O[C@H]1CC(C)(C)[C@]2(/C=C/[C@H](C)OC(=O)[C@@](OC)(c3ccccc3)C(F)(F)F)O[C@]2(C)[C@H]1O)(c1ccccc1)C(F)(F)F. The smallest absolute Gasteiger partial charge is 0.432 e. The number of epoxide rings is 1. The van der Waals surface area contributed by atoms with Gasteiger partial charge in [-0.3, -0.25) is 0 Å². The van der Waals surface area contributed by atoms with E-state index in [4.69, 9.17) is 23.7 Å². The molecule has 1 saturated heterocycles. The number of carbonyl (C=O) groups excluding carboxylic acids is 2. The predicted octanol–water partition coefficient (Wildman–Crippen LogP) is 5.91. The Morgan fingerprint density at radius 1 is 0.851 bits per heavy atom. The fourth-order valence-corrected chi connectivity index (χ4v) is 6.61. The lowest BCUT2D eigenvalue weighted by Gasteiger charge is -2.44. The van der Waals surface area contributed by atoms with Crippen LogP contribution >= 0.6 is 0 Å². The van der Waals surface area contributed by atoms with Crippen molar-refractivity contribution in [2.45, 2.75) is 87.2 Å². The molecule has 258 valence electrons. The molecule has 7 atom stereocenters. The lowest BCUT2D eigenvalue weighted by atomic mass is 9.61. The Labute approximate surface area is 267 Å². The molecular formula is C33H36F6O8. The van der Waals surface area contributed by atoms with Gasteiger partial charge in [0, 0.05) is 30.8 Å². The van der Waals surface area contributed by atoms with E-state index in [9.17, 15) is 41.0 Å². The minimum absolute atomic E-state index is 0.185. The molecule has 1 aliphatic heterocycles. The van der Waals surface area contributed by atoms with E-state index in [0.29, 0.717) is 0 Å². The van der Waals surface area contributed by atoms with Crippen LogP contribution in [0.2, 0.25) is 0 Å². The van der Waals surface area contributed by atoms with Crippen molar-refractivity contribution in [1.82, 2.24) is 0 Å². The maximum absolute atomic E-state index is 14.4. The number of alkyl halides is 6. The van der Waals surface area contributed by atoms with Crippen LogP contribution in [0.25, 0.3) is 0 Å². The van der Waals surface area contributed by atoms with Crippen molar-refractivity contribution in [2.24, 2.45) is 5.41 Å². The Bertz CT molecular complexity index is 1480. The average molecular weight is 675 g/mol. The van der Waals surface area contributed by atoms with Crippen molar-refractivity contribution in [3.8, 4) is 0 Å². The van der Waals surface area contributed by atoms with Crippen LogP contribution in [0.5, 0.6) is 0 Å². The van der Waals surface area contributed by atoms with Gasteiger partial charge >= 0.3 is 24.3 Å². The normalized spacial score (nSPS) is 28.8. The van der Waals surface area contributed by atoms with Gasteiger partial charge in [0.05, 0.1) is 0 Å². The van der Waals surface area contributed by atoms with Crippen molar-refractivity contribution < 1.29 is 64.7 Å². The van der Waals surface area contributed by atoms with E-state index < -0.39 is 81.5 Å². The first kappa shape index (κ1) is 36.4. The highest BCUT2D eigenvalue weighted by Crippen LogP contribution is 2.66. The van der Waals surface area contributed by atoms with Crippen LogP contribution in [-0.2, 0) is 44.5 Å². The second kappa shape index (κ2) is 12.2. The quantitative estimate of drug-likeness (QED) is 0.144. The van der Waals surface area contributed by atoms with Gasteiger partial charge in [-0.2, -0.15) is 26.3 Å². The number of hydrogen-bond acceptors (Lipinski definition) is 8. The molecule has 0 amide bonds. The molecule has 1 aliphatic carbocycles. The molecule has 0 aromatic heterocycles. The summed E-state index contributed by atoms with van der Waals surface area (Å²) in [7, 11) is 1.47. The summed E-state index contributed by atoms with van der Waals surface area (Å²) < 4.78 is 112. The average Bonchev–Trinajstić information content (AvgIpc) is 3.64. The molecule has 14 heteroatoms. The number of esters is 2. The molecule has 2 aromatic carbocycles. The van der Waals surface area contributed by atoms with E-state index in [1.165, 1.54) is 62.4 Å². The molecule has 0 spiro atoms.